The van der Waals surface area contributed by atoms with Gasteiger partial charge in [-0.05, 0) is 55.8 Å². The molecule has 5 rings (SSSR count). The highest BCUT2D eigenvalue weighted by Gasteiger charge is 2.50. The highest BCUT2D eigenvalue weighted by Crippen LogP contribution is 2.56. The third kappa shape index (κ3) is 2.84. The molecule has 0 radical (unpaired) electrons. The summed E-state index contributed by atoms with van der Waals surface area (Å²) in [5.41, 5.74) is 0.600. The SMILES string of the molecule is O=C(O)Cn1cc(CNC(=O)C2C3CC4CC(C3)CC2C4)nn1. The first kappa shape index (κ1) is 14.7. The standard InChI is InChI=1S/C16H22N4O3/c21-14(22)8-20-7-13(18-19-20)6-17-16(23)15-11-2-9-1-10(4-11)5-12(15)3-9/h7,9-12,15H,1-6,8H2,(H,17,23)(H,21,22). The lowest BCUT2D eigenvalue weighted by Gasteiger charge is -2.53. The molecule has 0 atom stereocenters. The van der Waals surface area contributed by atoms with Gasteiger partial charge < -0.3 is 10.4 Å². The van der Waals surface area contributed by atoms with Crippen LogP contribution in [0.4, 0.5) is 0 Å². The average Bonchev–Trinajstić information content (AvgIpc) is 2.90. The highest BCUT2D eigenvalue weighted by atomic mass is 16.4. The first-order chi connectivity index (χ1) is 11.1. The van der Waals surface area contributed by atoms with E-state index < -0.39 is 5.97 Å². The largest absolute Gasteiger partial charge is 0.480 e. The average molecular weight is 318 g/mol. The summed E-state index contributed by atoms with van der Waals surface area (Å²) in [6.45, 7) is 0.109. The van der Waals surface area contributed by atoms with Crippen LogP contribution < -0.4 is 5.32 Å². The molecule has 1 aromatic rings. The molecule has 4 saturated carbocycles. The number of nitrogens with one attached hydrogen (secondary N) is 1. The molecule has 4 aliphatic rings. The van der Waals surface area contributed by atoms with Gasteiger partial charge in [-0.15, -0.1) is 5.10 Å². The summed E-state index contributed by atoms with van der Waals surface area (Å²) in [5.74, 6) is 2.19. The van der Waals surface area contributed by atoms with Gasteiger partial charge in [-0.2, -0.15) is 0 Å². The van der Waals surface area contributed by atoms with E-state index in [0.29, 0.717) is 24.1 Å². The molecular formula is C16H22N4O3. The summed E-state index contributed by atoms with van der Waals surface area (Å²) in [5, 5.41) is 19.4. The molecule has 1 aromatic heterocycles. The fraction of sp³-hybridized carbons (Fsp3) is 0.750. The Kier molecular flexibility index (Phi) is 3.58. The fourth-order valence-electron chi connectivity index (χ4n) is 5.28. The van der Waals surface area contributed by atoms with Crippen molar-refractivity contribution in [1.82, 2.24) is 20.3 Å². The maximum atomic E-state index is 12.6. The molecule has 1 heterocycles. The Bertz CT molecular complexity index is 599. The van der Waals surface area contributed by atoms with Gasteiger partial charge in [-0.1, -0.05) is 5.21 Å². The number of hydrogen-bond acceptors (Lipinski definition) is 4. The van der Waals surface area contributed by atoms with Crippen molar-refractivity contribution >= 4 is 11.9 Å². The molecule has 1 amide bonds. The third-order valence-corrected chi connectivity index (χ3v) is 5.86. The van der Waals surface area contributed by atoms with Crippen molar-refractivity contribution in [3.8, 4) is 0 Å². The number of aromatic nitrogens is 3. The van der Waals surface area contributed by atoms with Crippen molar-refractivity contribution in [2.45, 2.75) is 45.2 Å². The minimum atomic E-state index is -0.959. The van der Waals surface area contributed by atoms with Gasteiger partial charge in [0.25, 0.3) is 0 Å². The van der Waals surface area contributed by atoms with E-state index in [1.54, 1.807) is 6.20 Å². The Balaban J connectivity index is 1.35. The molecule has 7 nitrogen and oxygen atoms in total. The summed E-state index contributed by atoms with van der Waals surface area (Å²) in [4.78, 5) is 23.3. The fourth-order valence-corrected chi connectivity index (χ4v) is 5.28. The zero-order valence-electron chi connectivity index (χ0n) is 13.0. The Morgan fingerprint density at radius 3 is 2.43 bits per heavy atom. The lowest BCUT2D eigenvalue weighted by Crippen LogP contribution is -2.50. The van der Waals surface area contributed by atoms with Crippen LogP contribution in [0.5, 0.6) is 0 Å². The van der Waals surface area contributed by atoms with Gasteiger partial charge in [0.15, 0.2) is 0 Å². The van der Waals surface area contributed by atoms with Crippen molar-refractivity contribution in [2.24, 2.45) is 29.6 Å². The van der Waals surface area contributed by atoms with Crippen LogP contribution in [0.1, 0.15) is 37.8 Å². The third-order valence-electron chi connectivity index (χ3n) is 5.86. The minimum Gasteiger partial charge on any atom is -0.480 e. The molecular weight excluding hydrogens is 296 g/mol. The monoisotopic (exact) mass is 318 g/mol. The van der Waals surface area contributed by atoms with E-state index in [-0.39, 0.29) is 18.4 Å². The topological polar surface area (TPSA) is 97.1 Å². The highest BCUT2D eigenvalue weighted by molar-refractivity contribution is 5.79. The van der Waals surface area contributed by atoms with E-state index in [4.69, 9.17) is 5.11 Å². The molecule has 0 spiro atoms. The predicted molar refractivity (Wildman–Crippen MR) is 80.0 cm³/mol. The predicted octanol–water partition coefficient (Wildman–Crippen LogP) is 1.05. The lowest BCUT2D eigenvalue weighted by molar-refractivity contribution is -0.139. The molecule has 124 valence electrons. The van der Waals surface area contributed by atoms with E-state index in [0.717, 1.165) is 11.8 Å². The first-order valence-corrected chi connectivity index (χ1v) is 8.47. The van der Waals surface area contributed by atoms with E-state index in [1.807, 2.05) is 0 Å². The van der Waals surface area contributed by atoms with Crippen molar-refractivity contribution in [3.05, 3.63) is 11.9 Å². The molecule has 4 aliphatic carbocycles. The zero-order chi connectivity index (χ0) is 16.0. The molecule has 0 aromatic carbocycles. The molecule has 4 bridgehead atoms. The number of rotatable bonds is 5. The van der Waals surface area contributed by atoms with Crippen molar-refractivity contribution in [2.75, 3.05) is 0 Å². The second-order valence-electron chi connectivity index (χ2n) is 7.48. The summed E-state index contributed by atoms with van der Waals surface area (Å²) in [6.07, 6.45) is 7.85. The number of amides is 1. The van der Waals surface area contributed by atoms with Gasteiger partial charge >= 0.3 is 5.97 Å². The van der Waals surface area contributed by atoms with Crippen LogP contribution in [-0.2, 0) is 22.7 Å². The Hall–Kier alpha value is -1.92. The van der Waals surface area contributed by atoms with Crippen LogP contribution in [-0.4, -0.2) is 32.0 Å². The van der Waals surface area contributed by atoms with Crippen LogP contribution >= 0.6 is 0 Å². The Labute approximate surface area is 134 Å². The molecule has 0 aliphatic heterocycles. The van der Waals surface area contributed by atoms with Crippen molar-refractivity contribution in [3.63, 3.8) is 0 Å². The summed E-state index contributed by atoms with van der Waals surface area (Å²) in [6, 6.07) is 0. The molecule has 0 unspecified atom stereocenters. The second-order valence-corrected chi connectivity index (χ2v) is 7.48. The molecule has 4 fully saturated rings. The first-order valence-electron chi connectivity index (χ1n) is 8.47. The van der Waals surface area contributed by atoms with Gasteiger partial charge in [0, 0.05) is 5.92 Å². The maximum absolute atomic E-state index is 12.6. The van der Waals surface area contributed by atoms with Crippen molar-refractivity contribution < 1.29 is 14.7 Å². The Morgan fingerprint density at radius 2 is 1.83 bits per heavy atom. The number of aliphatic carboxylic acids is 1. The van der Waals surface area contributed by atoms with E-state index in [9.17, 15) is 9.59 Å². The van der Waals surface area contributed by atoms with E-state index in [1.165, 1.54) is 36.8 Å². The molecule has 2 N–H and O–H groups in total. The van der Waals surface area contributed by atoms with Gasteiger partial charge in [0.2, 0.25) is 5.91 Å². The number of hydrogen-bond donors (Lipinski definition) is 2. The smallest absolute Gasteiger partial charge is 0.325 e. The number of carboxylic acids is 1. The van der Waals surface area contributed by atoms with Crippen LogP contribution in [0.25, 0.3) is 0 Å². The van der Waals surface area contributed by atoms with Crippen LogP contribution in [0.2, 0.25) is 0 Å². The van der Waals surface area contributed by atoms with Gasteiger partial charge in [-0.25, -0.2) is 4.68 Å². The maximum Gasteiger partial charge on any atom is 0.325 e. The van der Waals surface area contributed by atoms with Crippen LogP contribution in [0.15, 0.2) is 6.20 Å². The molecule has 0 saturated heterocycles. The van der Waals surface area contributed by atoms with E-state index >= 15 is 0 Å². The number of carbonyl (C=O) groups is 2. The van der Waals surface area contributed by atoms with Gasteiger partial charge in [-0.3, -0.25) is 9.59 Å². The zero-order valence-corrected chi connectivity index (χ0v) is 13.0. The summed E-state index contributed by atoms with van der Waals surface area (Å²) in [7, 11) is 0. The minimum absolute atomic E-state index is 0.145. The normalized spacial score (nSPS) is 34.5. The summed E-state index contributed by atoms with van der Waals surface area (Å²) >= 11 is 0. The van der Waals surface area contributed by atoms with E-state index in [2.05, 4.69) is 15.6 Å². The summed E-state index contributed by atoms with van der Waals surface area (Å²) < 4.78 is 1.27. The van der Waals surface area contributed by atoms with Gasteiger partial charge in [0.1, 0.15) is 12.2 Å². The number of carbonyl (C=O) groups excluding carboxylic acids is 1. The van der Waals surface area contributed by atoms with Crippen LogP contribution in [0.3, 0.4) is 0 Å². The quantitative estimate of drug-likeness (QED) is 0.846. The number of nitrogens with zero attached hydrogens (tertiary/aromatic N) is 3. The molecule has 23 heavy (non-hydrogen) atoms. The Morgan fingerprint density at radius 1 is 1.17 bits per heavy atom. The lowest BCUT2D eigenvalue weighted by atomic mass is 9.51. The second kappa shape index (κ2) is 5.62. The number of carboxylic acid groups (broad SMARTS) is 1. The van der Waals surface area contributed by atoms with Crippen LogP contribution in [0, 0.1) is 29.6 Å². The van der Waals surface area contributed by atoms with Gasteiger partial charge in [0.05, 0.1) is 12.7 Å². The molecule has 7 heteroatoms. The van der Waals surface area contributed by atoms with Crippen molar-refractivity contribution in [1.29, 1.82) is 0 Å².